The lowest BCUT2D eigenvalue weighted by Crippen LogP contribution is -2.25. The highest BCUT2D eigenvalue weighted by Crippen LogP contribution is 2.27. The molecule has 0 atom stereocenters. The fraction of sp³-hybridized carbons (Fsp3) is 0.182. The molecular formula is C11H10ClN5O4. The normalized spacial score (nSPS) is 14.2. The number of hydrogen-bond acceptors (Lipinski definition) is 7. The number of nitrogens with one attached hydrogen (secondary N) is 2. The number of carbonyl (C=O) groups excluding carboxylic acids is 3. The third kappa shape index (κ3) is 2.63. The van der Waals surface area contributed by atoms with Gasteiger partial charge in [-0.05, 0) is 0 Å². The van der Waals surface area contributed by atoms with Crippen LogP contribution in [0.4, 0.5) is 5.82 Å². The Hall–Kier alpha value is -2.68. The first kappa shape index (κ1) is 14.7. The van der Waals surface area contributed by atoms with Crippen LogP contribution in [-0.2, 0) is 9.59 Å². The van der Waals surface area contributed by atoms with E-state index in [4.69, 9.17) is 11.6 Å². The molecule has 1 aromatic rings. The van der Waals surface area contributed by atoms with Crippen LogP contribution in [0.25, 0.3) is 0 Å². The summed E-state index contributed by atoms with van der Waals surface area (Å²) in [5, 5.41) is 14.0. The Morgan fingerprint density at radius 1 is 1.33 bits per heavy atom. The third-order valence-electron chi connectivity index (χ3n) is 2.55. The number of imide groups is 1. The highest BCUT2D eigenvalue weighted by molar-refractivity contribution is 6.48. The fourth-order valence-corrected chi connectivity index (χ4v) is 1.68. The van der Waals surface area contributed by atoms with Gasteiger partial charge >= 0.3 is 0 Å². The van der Waals surface area contributed by atoms with E-state index in [1.807, 2.05) is 5.32 Å². The molecule has 3 amide bonds. The van der Waals surface area contributed by atoms with E-state index in [0.29, 0.717) is 0 Å². The summed E-state index contributed by atoms with van der Waals surface area (Å²) in [5.41, 5.74) is -0.516. The quantitative estimate of drug-likeness (QED) is 0.637. The molecule has 1 aromatic heterocycles. The van der Waals surface area contributed by atoms with Crippen molar-refractivity contribution in [3.8, 4) is 5.75 Å². The van der Waals surface area contributed by atoms with Crippen LogP contribution >= 0.6 is 11.6 Å². The van der Waals surface area contributed by atoms with Crippen LogP contribution in [0.2, 0.25) is 0 Å². The van der Waals surface area contributed by atoms with Gasteiger partial charge in [-0.25, -0.2) is 9.97 Å². The van der Waals surface area contributed by atoms with E-state index in [0.717, 1.165) is 6.33 Å². The maximum atomic E-state index is 11.8. The molecule has 0 saturated heterocycles. The summed E-state index contributed by atoms with van der Waals surface area (Å²) in [6.07, 6.45) is 1.03. The number of aromatic nitrogens is 2. The maximum absolute atomic E-state index is 11.8. The van der Waals surface area contributed by atoms with Crippen molar-refractivity contribution in [2.75, 3.05) is 19.4 Å². The van der Waals surface area contributed by atoms with Crippen molar-refractivity contribution in [3.63, 3.8) is 0 Å². The smallest absolute Gasteiger partial charge is 0.276 e. The predicted molar refractivity (Wildman–Crippen MR) is 71.4 cm³/mol. The number of rotatable bonds is 3. The van der Waals surface area contributed by atoms with E-state index in [1.165, 1.54) is 19.0 Å². The monoisotopic (exact) mass is 311 g/mol. The van der Waals surface area contributed by atoms with E-state index in [1.54, 1.807) is 0 Å². The van der Waals surface area contributed by atoms with Gasteiger partial charge in [0.05, 0.1) is 0 Å². The molecular weight excluding hydrogens is 302 g/mol. The molecule has 1 aliphatic rings. The van der Waals surface area contributed by atoms with E-state index in [2.05, 4.69) is 15.3 Å². The average Bonchev–Trinajstić information content (AvgIpc) is 2.66. The second-order valence-corrected chi connectivity index (χ2v) is 4.59. The first-order chi connectivity index (χ1) is 9.82. The molecule has 0 bridgehead atoms. The van der Waals surface area contributed by atoms with Gasteiger partial charge in [0.1, 0.15) is 17.1 Å². The van der Waals surface area contributed by atoms with Gasteiger partial charge in [-0.15, -0.1) is 0 Å². The number of nitrogens with zero attached hydrogens (tertiary/aromatic N) is 3. The molecule has 21 heavy (non-hydrogen) atoms. The zero-order valence-corrected chi connectivity index (χ0v) is 11.7. The van der Waals surface area contributed by atoms with Crippen LogP contribution < -0.4 is 10.6 Å². The number of anilines is 1. The fourth-order valence-electron chi connectivity index (χ4n) is 1.50. The number of amides is 3. The van der Waals surface area contributed by atoms with Crippen molar-refractivity contribution < 1.29 is 19.5 Å². The molecule has 1 aliphatic heterocycles. The lowest BCUT2D eigenvalue weighted by molar-refractivity contribution is -0.123. The van der Waals surface area contributed by atoms with Crippen molar-refractivity contribution >= 4 is 35.1 Å². The molecule has 2 rings (SSSR count). The lowest BCUT2D eigenvalue weighted by atomic mass is 10.3. The minimum absolute atomic E-state index is 0.215. The molecule has 0 fully saturated rings. The molecule has 0 aromatic carbocycles. The highest BCUT2D eigenvalue weighted by atomic mass is 35.5. The van der Waals surface area contributed by atoms with Crippen molar-refractivity contribution in [2.45, 2.75) is 0 Å². The SMILES string of the molecule is CN(C)C(=O)c1ncnc(NC2=C(Cl)C(=O)NC2=O)c1O. The first-order valence-corrected chi connectivity index (χ1v) is 5.98. The second kappa shape index (κ2) is 5.37. The van der Waals surface area contributed by atoms with Gasteiger partial charge in [0, 0.05) is 14.1 Å². The Morgan fingerprint density at radius 2 is 2.00 bits per heavy atom. The van der Waals surface area contributed by atoms with Crippen LogP contribution in [0.3, 0.4) is 0 Å². The molecule has 3 N–H and O–H groups in total. The van der Waals surface area contributed by atoms with Gasteiger partial charge in [0.15, 0.2) is 17.3 Å². The molecule has 9 nitrogen and oxygen atoms in total. The molecule has 0 saturated carbocycles. The Balaban J connectivity index is 2.39. The molecule has 0 unspecified atom stereocenters. The van der Waals surface area contributed by atoms with Gasteiger partial charge in [0.25, 0.3) is 17.7 Å². The number of aromatic hydroxyl groups is 1. The zero-order valence-electron chi connectivity index (χ0n) is 11.0. The van der Waals surface area contributed by atoms with E-state index in [-0.39, 0.29) is 22.2 Å². The number of hydrogen-bond donors (Lipinski definition) is 3. The molecule has 0 aliphatic carbocycles. The summed E-state index contributed by atoms with van der Waals surface area (Å²) in [6, 6.07) is 0. The van der Waals surface area contributed by atoms with Crippen LogP contribution in [-0.4, -0.2) is 51.8 Å². The number of halogens is 1. The molecule has 0 radical (unpaired) electrons. The van der Waals surface area contributed by atoms with E-state index < -0.39 is 23.5 Å². The van der Waals surface area contributed by atoms with E-state index >= 15 is 0 Å². The summed E-state index contributed by atoms with van der Waals surface area (Å²) in [4.78, 5) is 43.1. The van der Waals surface area contributed by atoms with Crippen LogP contribution in [0.5, 0.6) is 5.75 Å². The van der Waals surface area contributed by atoms with Gasteiger partial charge < -0.3 is 15.3 Å². The first-order valence-electron chi connectivity index (χ1n) is 5.61. The molecule has 0 spiro atoms. The summed E-state index contributed by atoms with van der Waals surface area (Å²) < 4.78 is 0. The van der Waals surface area contributed by atoms with Crippen LogP contribution in [0.15, 0.2) is 17.1 Å². The highest BCUT2D eigenvalue weighted by Gasteiger charge is 2.30. The van der Waals surface area contributed by atoms with Gasteiger partial charge in [0.2, 0.25) is 0 Å². The van der Waals surface area contributed by atoms with E-state index in [9.17, 15) is 19.5 Å². The van der Waals surface area contributed by atoms with Crippen molar-refractivity contribution in [2.24, 2.45) is 0 Å². The van der Waals surface area contributed by atoms with Gasteiger partial charge in [-0.2, -0.15) is 0 Å². The maximum Gasteiger partial charge on any atom is 0.276 e. The van der Waals surface area contributed by atoms with Crippen LogP contribution in [0.1, 0.15) is 10.5 Å². The Morgan fingerprint density at radius 3 is 2.52 bits per heavy atom. The standard InChI is InChI=1S/C11H10ClN5O4/c1-17(2)11(21)6-7(18)8(14-3-13-6)15-5-4(12)9(19)16-10(5)20/h3,18H,1-2H3,(H2,13,14,15,16,19,20). The number of carbonyl (C=O) groups is 3. The van der Waals surface area contributed by atoms with Crippen LogP contribution in [0, 0.1) is 0 Å². The molecule has 110 valence electrons. The van der Waals surface area contributed by atoms with Gasteiger partial charge in [-0.1, -0.05) is 11.6 Å². The second-order valence-electron chi connectivity index (χ2n) is 4.22. The summed E-state index contributed by atoms with van der Waals surface area (Å²) in [5.74, 6) is -2.84. The Bertz CT molecular complexity index is 685. The topological polar surface area (TPSA) is 125 Å². The van der Waals surface area contributed by atoms with Crippen molar-refractivity contribution in [3.05, 3.63) is 22.8 Å². The summed E-state index contributed by atoms with van der Waals surface area (Å²) >= 11 is 5.66. The minimum atomic E-state index is -0.762. The summed E-state index contributed by atoms with van der Waals surface area (Å²) in [6.45, 7) is 0. The minimum Gasteiger partial charge on any atom is -0.503 e. The zero-order chi connectivity index (χ0) is 15.7. The Kier molecular flexibility index (Phi) is 3.76. The largest absolute Gasteiger partial charge is 0.503 e. The predicted octanol–water partition coefficient (Wildman–Crippen LogP) is -0.597. The van der Waals surface area contributed by atoms with Gasteiger partial charge in [-0.3, -0.25) is 19.7 Å². The van der Waals surface area contributed by atoms with Crippen molar-refractivity contribution in [1.82, 2.24) is 20.2 Å². The third-order valence-corrected chi connectivity index (χ3v) is 2.91. The molecule has 2 heterocycles. The summed E-state index contributed by atoms with van der Waals surface area (Å²) in [7, 11) is 2.97. The Labute approximate surface area is 123 Å². The van der Waals surface area contributed by atoms with Crippen molar-refractivity contribution in [1.29, 1.82) is 0 Å². The average molecular weight is 312 g/mol. The molecule has 10 heteroatoms. The lowest BCUT2D eigenvalue weighted by Gasteiger charge is -2.12.